The third-order valence-corrected chi connectivity index (χ3v) is 5.76. The fourth-order valence-corrected chi connectivity index (χ4v) is 3.98. The van der Waals surface area contributed by atoms with Crippen molar-refractivity contribution in [2.45, 2.75) is 52.4 Å². The van der Waals surface area contributed by atoms with Crippen molar-refractivity contribution in [1.29, 1.82) is 0 Å². The molecule has 6 heteroatoms. The minimum Gasteiger partial charge on any atom is -0.462 e. The Labute approximate surface area is 188 Å². The molecule has 2 aromatic carbocycles. The fraction of sp³-hybridized carbons (Fsp3) is 0.346. The third-order valence-electron chi connectivity index (χ3n) is 5.76. The molecule has 0 spiro atoms. The summed E-state index contributed by atoms with van der Waals surface area (Å²) >= 11 is 0. The van der Waals surface area contributed by atoms with Crippen LogP contribution in [0.3, 0.4) is 0 Å². The summed E-state index contributed by atoms with van der Waals surface area (Å²) in [6, 6.07) is 15.7. The number of aryl methyl sites for hydroxylation is 1. The molecule has 4 rings (SSSR count). The number of carbonyl (C=O) groups is 1. The fourth-order valence-electron chi connectivity index (χ4n) is 3.98. The summed E-state index contributed by atoms with van der Waals surface area (Å²) < 4.78 is 7.41. The summed E-state index contributed by atoms with van der Waals surface area (Å²) in [7, 11) is 0. The predicted molar refractivity (Wildman–Crippen MR) is 129 cm³/mol. The maximum Gasteiger partial charge on any atom is 0.344 e. The second-order valence-electron chi connectivity index (χ2n) is 8.05. The first kappa shape index (κ1) is 21.8. The molecular formula is C26H30N4O2. The number of aromatic nitrogens is 3. The minimum absolute atomic E-state index is 0.286. The zero-order valence-electron chi connectivity index (χ0n) is 18.8. The number of anilines is 1. The van der Waals surface area contributed by atoms with E-state index in [1.165, 1.54) is 18.4 Å². The number of esters is 1. The summed E-state index contributed by atoms with van der Waals surface area (Å²) in [6.45, 7) is 4.66. The maximum absolute atomic E-state index is 13.1. The van der Waals surface area contributed by atoms with Gasteiger partial charge in [-0.15, -0.1) is 0 Å². The normalized spacial score (nSPS) is 11.3. The Kier molecular flexibility index (Phi) is 6.69. The Bertz CT molecular complexity index is 1250. The van der Waals surface area contributed by atoms with E-state index < -0.39 is 5.97 Å². The number of nitrogens with two attached hydrogens (primary N) is 1. The lowest BCUT2D eigenvalue weighted by Crippen LogP contribution is -2.10. The quantitative estimate of drug-likeness (QED) is 0.266. The van der Waals surface area contributed by atoms with Crippen molar-refractivity contribution in [3.05, 3.63) is 59.7 Å². The van der Waals surface area contributed by atoms with Gasteiger partial charge in [0.2, 0.25) is 0 Å². The number of nitrogen functional groups attached to an aromatic ring is 1. The van der Waals surface area contributed by atoms with Crippen LogP contribution in [0.1, 0.15) is 61.9 Å². The zero-order chi connectivity index (χ0) is 22.5. The number of fused-ring (bicyclic) bond motifs is 2. The molecule has 0 aliphatic carbocycles. The summed E-state index contributed by atoms with van der Waals surface area (Å²) in [5.41, 5.74) is 11.4. The topological polar surface area (TPSA) is 83.0 Å². The number of unbranched alkanes of at least 4 members (excludes halogenated alkanes) is 4. The SMILES string of the molecule is CCCCCCCOC(=O)c1c(N)n(-c2cccc(CC)c2)c2nc3ccccc3nc12. The smallest absolute Gasteiger partial charge is 0.344 e. The van der Waals surface area contributed by atoms with Crippen molar-refractivity contribution in [3.63, 3.8) is 0 Å². The Balaban J connectivity index is 1.77. The predicted octanol–water partition coefficient (Wildman–Crippen LogP) is 5.85. The van der Waals surface area contributed by atoms with E-state index in [1.807, 2.05) is 41.0 Å². The molecule has 32 heavy (non-hydrogen) atoms. The monoisotopic (exact) mass is 430 g/mol. The molecule has 0 amide bonds. The molecule has 0 saturated carbocycles. The first-order valence-corrected chi connectivity index (χ1v) is 11.5. The van der Waals surface area contributed by atoms with Crippen LogP contribution in [0, 0.1) is 0 Å². The average molecular weight is 431 g/mol. The molecule has 0 bridgehead atoms. The standard InChI is InChI=1S/C26H30N4O2/c1-3-5-6-7-10-16-32-26(31)22-23-25(29-21-15-9-8-14-20(21)28-23)30(24(22)27)19-13-11-12-18(4-2)17-19/h8-9,11-15,17H,3-7,10,16,27H2,1-2H3. The number of hydrogen-bond donors (Lipinski definition) is 1. The van der Waals surface area contributed by atoms with Crippen molar-refractivity contribution in [2.75, 3.05) is 12.3 Å². The molecule has 0 radical (unpaired) electrons. The molecule has 0 saturated heterocycles. The van der Waals surface area contributed by atoms with Crippen LogP contribution in [0.5, 0.6) is 0 Å². The van der Waals surface area contributed by atoms with Crippen LogP contribution >= 0.6 is 0 Å². The van der Waals surface area contributed by atoms with Gasteiger partial charge in [0.1, 0.15) is 16.9 Å². The lowest BCUT2D eigenvalue weighted by atomic mass is 10.1. The van der Waals surface area contributed by atoms with Gasteiger partial charge in [0, 0.05) is 5.69 Å². The van der Waals surface area contributed by atoms with Crippen LogP contribution in [0.25, 0.3) is 27.9 Å². The minimum atomic E-state index is -0.446. The molecule has 0 aliphatic rings. The third kappa shape index (κ3) is 4.31. The van der Waals surface area contributed by atoms with Gasteiger partial charge in [-0.25, -0.2) is 14.8 Å². The van der Waals surface area contributed by atoms with Crippen molar-refractivity contribution < 1.29 is 9.53 Å². The lowest BCUT2D eigenvalue weighted by Gasteiger charge is -2.09. The summed E-state index contributed by atoms with van der Waals surface area (Å²) in [5, 5.41) is 0. The van der Waals surface area contributed by atoms with E-state index in [1.54, 1.807) is 0 Å². The number of carbonyl (C=O) groups excluding carboxylic acids is 1. The van der Waals surface area contributed by atoms with E-state index in [0.29, 0.717) is 29.1 Å². The number of benzene rings is 2. The summed E-state index contributed by atoms with van der Waals surface area (Å²) in [4.78, 5) is 22.7. The van der Waals surface area contributed by atoms with Crippen LogP contribution in [0.4, 0.5) is 5.82 Å². The van der Waals surface area contributed by atoms with E-state index in [2.05, 4.69) is 26.0 Å². The number of para-hydroxylation sites is 2. The van der Waals surface area contributed by atoms with Gasteiger partial charge in [-0.2, -0.15) is 0 Å². The van der Waals surface area contributed by atoms with E-state index in [0.717, 1.165) is 36.9 Å². The van der Waals surface area contributed by atoms with Crippen LogP contribution in [-0.4, -0.2) is 27.1 Å². The second-order valence-corrected chi connectivity index (χ2v) is 8.05. The van der Waals surface area contributed by atoms with Gasteiger partial charge in [-0.1, -0.05) is 63.8 Å². The molecule has 0 unspecified atom stereocenters. The highest BCUT2D eigenvalue weighted by molar-refractivity contribution is 6.09. The highest BCUT2D eigenvalue weighted by Crippen LogP contribution is 2.31. The van der Waals surface area contributed by atoms with Gasteiger partial charge >= 0.3 is 5.97 Å². The van der Waals surface area contributed by atoms with Crippen molar-refractivity contribution in [1.82, 2.24) is 14.5 Å². The van der Waals surface area contributed by atoms with E-state index >= 15 is 0 Å². The van der Waals surface area contributed by atoms with Gasteiger partial charge in [0.15, 0.2) is 5.65 Å². The van der Waals surface area contributed by atoms with Crippen LogP contribution in [0.2, 0.25) is 0 Å². The summed E-state index contributed by atoms with van der Waals surface area (Å²) in [6.07, 6.45) is 6.33. The van der Waals surface area contributed by atoms with Crippen LogP contribution in [0.15, 0.2) is 48.5 Å². The maximum atomic E-state index is 13.1. The first-order valence-electron chi connectivity index (χ1n) is 11.5. The van der Waals surface area contributed by atoms with Gasteiger partial charge in [0.05, 0.1) is 17.6 Å². The largest absolute Gasteiger partial charge is 0.462 e. The Morgan fingerprint density at radius 1 is 0.969 bits per heavy atom. The lowest BCUT2D eigenvalue weighted by molar-refractivity contribution is 0.0501. The average Bonchev–Trinajstić information content (AvgIpc) is 3.10. The number of nitrogens with zero attached hydrogens (tertiary/aromatic N) is 3. The first-order chi connectivity index (χ1) is 15.6. The summed E-state index contributed by atoms with van der Waals surface area (Å²) in [5.74, 6) is -0.141. The molecule has 166 valence electrons. The van der Waals surface area contributed by atoms with Crippen LogP contribution < -0.4 is 5.73 Å². The molecule has 2 heterocycles. The molecule has 0 fully saturated rings. The van der Waals surface area contributed by atoms with Gasteiger partial charge in [-0.05, 0) is 42.7 Å². The Morgan fingerprint density at radius 2 is 1.72 bits per heavy atom. The van der Waals surface area contributed by atoms with Gasteiger partial charge < -0.3 is 10.5 Å². The van der Waals surface area contributed by atoms with Crippen molar-refractivity contribution >= 4 is 34.0 Å². The van der Waals surface area contributed by atoms with Gasteiger partial charge in [0.25, 0.3) is 0 Å². The molecule has 4 aromatic rings. The van der Waals surface area contributed by atoms with E-state index in [4.69, 9.17) is 20.4 Å². The van der Waals surface area contributed by atoms with Crippen LogP contribution in [-0.2, 0) is 11.2 Å². The highest BCUT2D eigenvalue weighted by atomic mass is 16.5. The molecule has 0 aliphatic heterocycles. The molecule has 6 nitrogen and oxygen atoms in total. The van der Waals surface area contributed by atoms with Gasteiger partial charge in [-0.3, -0.25) is 4.57 Å². The van der Waals surface area contributed by atoms with E-state index in [-0.39, 0.29) is 5.56 Å². The zero-order valence-corrected chi connectivity index (χ0v) is 18.8. The molecule has 2 N–H and O–H groups in total. The van der Waals surface area contributed by atoms with E-state index in [9.17, 15) is 4.79 Å². The molecular weight excluding hydrogens is 400 g/mol. The number of rotatable bonds is 9. The highest BCUT2D eigenvalue weighted by Gasteiger charge is 2.26. The number of hydrogen-bond acceptors (Lipinski definition) is 5. The Morgan fingerprint density at radius 3 is 2.47 bits per heavy atom. The number of ether oxygens (including phenoxy) is 1. The molecule has 2 aromatic heterocycles. The molecule has 0 atom stereocenters. The Hall–Kier alpha value is -3.41. The second kappa shape index (κ2) is 9.81. The van der Waals surface area contributed by atoms with Crippen molar-refractivity contribution in [3.8, 4) is 5.69 Å². The van der Waals surface area contributed by atoms with Crippen molar-refractivity contribution in [2.24, 2.45) is 0 Å².